The Morgan fingerprint density at radius 2 is 1.81 bits per heavy atom. The third-order valence-electron chi connectivity index (χ3n) is 3.70. The molecule has 0 saturated heterocycles. The lowest BCUT2D eigenvalue weighted by Gasteiger charge is -2.28. The normalized spacial score (nSPS) is 22.8. The topological polar surface area (TPSA) is 84.9 Å². The number of ether oxygens (including phenoxy) is 2. The highest BCUT2D eigenvalue weighted by Crippen LogP contribution is 2.30. The van der Waals surface area contributed by atoms with Crippen LogP contribution in [0.25, 0.3) is 0 Å². The van der Waals surface area contributed by atoms with E-state index in [1.54, 1.807) is 6.07 Å². The fraction of sp³-hybridized carbons (Fsp3) is 0.571. The molecule has 2 rings (SSSR count). The second-order valence-corrected chi connectivity index (χ2v) is 6.81. The van der Waals surface area contributed by atoms with E-state index in [1.807, 2.05) is 0 Å². The van der Waals surface area contributed by atoms with E-state index in [0.29, 0.717) is 24.3 Å². The number of methoxy groups -OCH3 is 2. The van der Waals surface area contributed by atoms with Gasteiger partial charge in [-0.05, 0) is 25.0 Å². The Morgan fingerprint density at radius 3 is 2.43 bits per heavy atom. The standard InChI is InChI=1S/C14H21NO5S/c1-19-13-8-7-10(9-14(13)20-2)21(17,18)15-11-5-3-4-6-12(11)16/h7-9,11-12,15-16H,3-6H2,1-2H3. The second-order valence-electron chi connectivity index (χ2n) is 5.10. The molecule has 1 fully saturated rings. The Labute approximate surface area is 125 Å². The van der Waals surface area contributed by atoms with Crippen molar-refractivity contribution in [2.24, 2.45) is 0 Å². The molecule has 1 aromatic rings. The summed E-state index contributed by atoms with van der Waals surface area (Å²) in [6.07, 6.45) is 2.48. The number of aliphatic hydroxyl groups is 1. The van der Waals surface area contributed by atoms with Gasteiger partial charge in [0.2, 0.25) is 10.0 Å². The van der Waals surface area contributed by atoms with Crippen molar-refractivity contribution >= 4 is 10.0 Å². The number of nitrogens with one attached hydrogen (secondary N) is 1. The van der Waals surface area contributed by atoms with Crippen LogP contribution in [0, 0.1) is 0 Å². The average molecular weight is 315 g/mol. The zero-order valence-electron chi connectivity index (χ0n) is 12.2. The number of aliphatic hydroxyl groups excluding tert-OH is 1. The van der Waals surface area contributed by atoms with Crippen LogP contribution in [-0.4, -0.2) is 39.9 Å². The van der Waals surface area contributed by atoms with Crippen LogP contribution < -0.4 is 14.2 Å². The first-order valence-electron chi connectivity index (χ1n) is 6.90. The SMILES string of the molecule is COc1ccc(S(=O)(=O)NC2CCCCC2O)cc1OC. The van der Waals surface area contributed by atoms with Crippen LogP contribution in [0.1, 0.15) is 25.7 Å². The maximum atomic E-state index is 12.4. The number of hydrogen-bond acceptors (Lipinski definition) is 5. The molecular weight excluding hydrogens is 294 g/mol. The van der Waals surface area contributed by atoms with Crippen molar-refractivity contribution in [3.05, 3.63) is 18.2 Å². The maximum absolute atomic E-state index is 12.4. The predicted molar refractivity (Wildman–Crippen MR) is 78.1 cm³/mol. The molecule has 7 heteroatoms. The summed E-state index contributed by atoms with van der Waals surface area (Å²) in [5.41, 5.74) is 0. The van der Waals surface area contributed by atoms with Crippen molar-refractivity contribution in [2.75, 3.05) is 14.2 Å². The van der Waals surface area contributed by atoms with E-state index < -0.39 is 22.2 Å². The number of hydrogen-bond donors (Lipinski definition) is 2. The molecule has 0 heterocycles. The van der Waals surface area contributed by atoms with E-state index >= 15 is 0 Å². The smallest absolute Gasteiger partial charge is 0.241 e. The molecule has 2 unspecified atom stereocenters. The Morgan fingerprint density at radius 1 is 1.14 bits per heavy atom. The van der Waals surface area contributed by atoms with E-state index in [0.717, 1.165) is 12.8 Å². The van der Waals surface area contributed by atoms with Gasteiger partial charge in [0.05, 0.1) is 25.2 Å². The third-order valence-corrected chi connectivity index (χ3v) is 5.19. The monoisotopic (exact) mass is 315 g/mol. The Kier molecular flexibility index (Phi) is 5.08. The summed E-state index contributed by atoms with van der Waals surface area (Å²) in [7, 11) is -0.756. The van der Waals surface area contributed by atoms with Crippen LogP contribution in [-0.2, 0) is 10.0 Å². The summed E-state index contributed by atoms with van der Waals surface area (Å²) in [6, 6.07) is 3.98. The molecule has 118 valence electrons. The summed E-state index contributed by atoms with van der Waals surface area (Å²) in [6.45, 7) is 0. The first kappa shape index (κ1) is 16.1. The van der Waals surface area contributed by atoms with Gasteiger partial charge in [0.15, 0.2) is 11.5 Å². The van der Waals surface area contributed by atoms with Gasteiger partial charge >= 0.3 is 0 Å². The molecule has 2 atom stereocenters. The summed E-state index contributed by atoms with van der Waals surface area (Å²) in [4.78, 5) is 0.0953. The minimum atomic E-state index is -3.70. The lowest BCUT2D eigenvalue weighted by atomic mass is 9.93. The highest BCUT2D eigenvalue weighted by molar-refractivity contribution is 7.89. The molecule has 1 aliphatic rings. The molecule has 1 aromatic carbocycles. The highest BCUT2D eigenvalue weighted by Gasteiger charge is 2.28. The van der Waals surface area contributed by atoms with Gasteiger partial charge in [0.25, 0.3) is 0 Å². The summed E-state index contributed by atoms with van der Waals surface area (Å²) in [5.74, 6) is 0.818. The Balaban J connectivity index is 2.22. The molecule has 1 saturated carbocycles. The van der Waals surface area contributed by atoms with Crippen LogP contribution in [0.2, 0.25) is 0 Å². The minimum absolute atomic E-state index is 0.0953. The van der Waals surface area contributed by atoms with Crippen molar-refractivity contribution < 1.29 is 23.0 Å². The van der Waals surface area contributed by atoms with Crippen LogP contribution in [0.3, 0.4) is 0 Å². The van der Waals surface area contributed by atoms with E-state index in [-0.39, 0.29) is 4.90 Å². The average Bonchev–Trinajstić information content (AvgIpc) is 2.48. The fourth-order valence-corrected chi connectivity index (χ4v) is 3.82. The molecule has 0 amide bonds. The number of rotatable bonds is 5. The van der Waals surface area contributed by atoms with Gasteiger partial charge in [-0.25, -0.2) is 13.1 Å². The van der Waals surface area contributed by atoms with E-state index in [9.17, 15) is 13.5 Å². The largest absolute Gasteiger partial charge is 0.493 e. The van der Waals surface area contributed by atoms with Crippen molar-refractivity contribution in [1.82, 2.24) is 4.72 Å². The Bertz CT molecular complexity index is 587. The number of sulfonamides is 1. The Hall–Kier alpha value is -1.31. The van der Waals surface area contributed by atoms with E-state index in [4.69, 9.17) is 9.47 Å². The molecule has 6 nitrogen and oxygen atoms in total. The molecule has 0 spiro atoms. The van der Waals surface area contributed by atoms with Crippen LogP contribution in [0.5, 0.6) is 11.5 Å². The first-order valence-corrected chi connectivity index (χ1v) is 8.38. The molecule has 2 N–H and O–H groups in total. The quantitative estimate of drug-likeness (QED) is 0.855. The molecule has 21 heavy (non-hydrogen) atoms. The van der Waals surface area contributed by atoms with Crippen molar-refractivity contribution in [3.63, 3.8) is 0 Å². The minimum Gasteiger partial charge on any atom is -0.493 e. The summed E-state index contributed by atoms with van der Waals surface area (Å²) < 4.78 is 37.6. The van der Waals surface area contributed by atoms with Gasteiger partial charge in [0, 0.05) is 12.1 Å². The summed E-state index contributed by atoms with van der Waals surface area (Å²) >= 11 is 0. The van der Waals surface area contributed by atoms with Crippen molar-refractivity contribution in [1.29, 1.82) is 0 Å². The maximum Gasteiger partial charge on any atom is 0.241 e. The molecule has 0 bridgehead atoms. The predicted octanol–water partition coefficient (Wildman–Crippen LogP) is 1.29. The highest BCUT2D eigenvalue weighted by atomic mass is 32.2. The van der Waals surface area contributed by atoms with Gasteiger partial charge in [-0.3, -0.25) is 0 Å². The molecule has 0 aliphatic heterocycles. The zero-order valence-corrected chi connectivity index (χ0v) is 13.0. The lowest BCUT2D eigenvalue weighted by molar-refractivity contribution is 0.101. The fourth-order valence-electron chi connectivity index (χ4n) is 2.50. The van der Waals surface area contributed by atoms with Gasteiger partial charge < -0.3 is 14.6 Å². The molecule has 0 aromatic heterocycles. The number of benzene rings is 1. The first-order chi connectivity index (χ1) is 9.97. The van der Waals surface area contributed by atoms with E-state index in [1.165, 1.54) is 26.4 Å². The molecule has 0 radical (unpaired) electrons. The van der Waals surface area contributed by atoms with Gasteiger partial charge in [-0.2, -0.15) is 0 Å². The molecule has 1 aliphatic carbocycles. The van der Waals surface area contributed by atoms with Crippen LogP contribution >= 0.6 is 0 Å². The van der Waals surface area contributed by atoms with Gasteiger partial charge in [-0.15, -0.1) is 0 Å². The summed E-state index contributed by atoms with van der Waals surface area (Å²) in [5, 5.41) is 9.89. The van der Waals surface area contributed by atoms with Gasteiger partial charge in [0.1, 0.15) is 0 Å². The third kappa shape index (κ3) is 3.66. The van der Waals surface area contributed by atoms with Crippen LogP contribution in [0.4, 0.5) is 0 Å². The van der Waals surface area contributed by atoms with Crippen molar-refractivity contribution in [2.45, 2.75) is 42.7 Å². The van der Waals surface area contributed by atoms with Gasteiger partial charge in [-0.1, -0.05) is 12.8 Å². The van der Waals surface area contributed by atoms with Crippen LogP contribution in [0.15, 0.2) is 23.1 Å². The zero-order chi connectivity index (χ0) is 15.5. The molecular formula is C14H21NO5S. The lowest BCUT2D eigenvalue weighted by Crippen LogP contribution is -2.44. The van der Waals surface area contributed by atoms with Crippen molar-refractivity contribution in [3.8, 4) is 11.5 Å². The second kappa shape index (κ2) is 6.64. The van der Waals surface area contributed by atoms with E-state index in [2.05, 4.69) is 4.72 Å².